The third kappa shape index (κ3) is 1.52. The van der Waals surface area contributed by atoms with Gasteiger partial charge in [0.15, 0.2) is 0 Å². The summed E-state index contributed by atoms with van der Waals surface area (Å²) in [6, 6.07) is 4.04. The van der Waals surface area contributed by atoms with Crippen LogP contribution in [0.2, 0.25) is 0 Å². The van der Waals surface area contributed by atoms with Crippen LogP contribution in [-0.2, 0) is 0 Å². The van der Waals surface area contributed by atoms with Crippen LogP contribution in [0.1, 0.15) is 45.8 Å². The average molecular weight is 190 g/mol. The van der Waals surface area contributed by atoms with Crippen LogP contribution in [0.5, 0.6) is 0 Å². The Labute approximate surface area is 83.6 Å². The number of aromatic carboxylic acids is 1. The molecule has 1 aromatic rings. The molecule has 0 radical (unpaired) electrons. The van der Waals surface area contributed by atoms with Crippen molar-refractivity contribution in [3.05, 3.63) is 34.4 Å². The lowest BCUT2D eigenvalue weighted by Crippen LogP contribution is -2.03. The lowest BCUT2D eigenvalue weighted by Gasteiger charge is -2.08. The molecule has 0 spiro atoms. The highest BCUT2D eigenvalue weighted by Crippen LogP contribution is 2.41. The topological polar surface area (TPSA) is 37.3 Å². The van der Waals surface area contributed by atoms with Gasteiger partial charge in [0.25, 0.3) is 0 Å². The van der Waals surface area contributed by atoms with Crippen molar-refractivity contribution < 1.29 is 9.90 Å². The van der Waals surface area contributed by atoms with E-state index in [0.717, 1.165) is 11.1 Å². The Hall–Kier alpha value is -1.31. The molecule has 0 bridgehead atoms. The van der Waals surface area contributed by atoms with E-state index in [-0.39, 0.29) is 0 Å². The maximum Gasteiger partial charge on any atom is 0.336 e. The minimum absolute atomic E-state index is 0.467. The van der Waals surface area contributed by atoms with Gasteiger partial charge in [0.1, 0.15) is 0 Å². The molecular weight excluding hydrogens is 176 g/mol. The van der Waals surface area contributed by atoms with Gasteiger partial charge in [-0.2, -0.15) is 0 Å². The molecule has 1 aliphatic carbocycles. The van der Waals surface area contributed by atoms with Gasteiger partial charge in [-0.3, -0.25) is 0 Å². The van der Waals surface area contributed by atoms with Gasteiger partial charge >= 0.3 is 5.97 Å². The van der Waals surface area contributed by atoms with Gasteiger partial charge in [0.05, 0.1) is 5.56 Å². The highest BCUT2D eigenvalue weighted by Gasteiger charge is 2.25. The Kier molecular flexibility index (Phi) is 2.06. The molecule has 2 heteroatoms. The van der Waals surface area contributed by atoms with Crippen molar-refractivity contribution in [2.45, 2.75) is 32.6 Å². The van der Waals surface area contributed by atoms with Crippen molar-refractivity contribution in [2.24, 2.45) is 0 Å². The molecule has 0 heterocycles. The van der Waals surface area contributed by atoms with Gasteiger partial charge in [-0.1, -0.05) is 12.1 Å². The van der Waals surface area contributed by atoms with Gasteiger partial charge in [-0.15, -0.1) is 0 Å². The van der Waals surface area contributed by atoms with Gasteiger partial charge in [0.2, 0.25) is 0 Å². The van der Waals surface area contributed by atoms with E-state index in [2.05, 4.69) is 0 Å². The number of aryl methyl sites for hydroxylation is 2. The first-order chi connectivity index (χ1) is 6.59. The first-order valence-electron chi connectivity index (χ1n) is 4.94. The SMILES string of the molecule is Cc1cc(C2CC2)cc(C)c1C(=O)O. The molecular formula is C12H14O2. The Morgan fingerprint density at radius 2 is 1.79 bits per heavy atom. The summed E-state index contributed by atoms with van der Waals surface area (Å²) in [6.07, 6.45) is 2.51. The summed E-state index contributed by atoms with van der Waals surface area (Å²) in [6.45, 7) is 3.75. The zero-order chi connectivity index (χ0) is 10.3. The van der Waals surface area contributed by atoms with Crippen molar-refractivity contribution in [3.8, 4) is 0 Å². The van der Waals surface area contributed by atoms with Gasteiger partial charge in [0, 0.05) is 0 Å². The largest absolute Gasteiger partial charge is 0.478 e. The smallest absolute Gasteiger partial charge is 0.336 e. The molecule has 0 saturated heterocycles. The third-order valence-electron chi connectivity index (χ3n) is 2.82. The molecule has 1 aromatic carbocycles. The molecule has 2 nitrogen and oxygen atoms in total. The fourth-order valence-electron chi connectivity index (χ4n) is 1.99. The van der Waals surface area contributed by atoms with Crippen LogP contribution in [-0.4, -0.2) is 11.1 Å². The van der Waals surface area contributed by atoms with E-state index >= 15 is 0 Å². The Balaban J connectivity index is 2.49. The lowest BCUT2D eigenvalue weighted by molar-refractivity contribution is 0.0695. The van der Waals surface area contributed by atoms with Crippen LogP contribution in [0.15, 0.2) is 12.1 Å². The van der Waals surface area contributed by atoms with Gasteiger partial charge in [-0.25, -0.2) is 4.79 Å². The Bertz CT molecular complexity index is 366. The lowest BCUT2D eigenvalue weighted by atomic mass is 9.97. The van der Waals surface area contributed by atoms with Crippen LogP contribution in [0.25, 0.3) is 0 Å². The average Bonchev–Trinajstić information content (AvgIpc) is 2.83. The predicted molar refractivity (Wildman–Crippen MR) is 54.9 cm³/mol. The van der Waals surface area contributed by atoms with Crippen LogP contribution in [0.3, 0.4) is 0 Å². The molecule has 0 aliphatic heterocycles. The summed E-state index contributed by atoms with van der Waals surface area (Å²) in [5.74, 6) is -0.127. The summed E-state index contributed by atoms with van der Waals surface area (Å²) >= 11 is 0. The second-order valence-electron chi connectivity index (χ2n) is 4.11. The molecule has 1 aliphatic rings. The van der Waals surface area contributed by atoms with Gasteiger partial charge < -0.3 is 5.11 Å². The Morgan fingerprint density at radius 1 is 1.29 bits per heavy atom. The third-order valence-corrected chi connectivity index (χ3v) is 2.82. The molecule has 1 saturated carbocycles. The number of hydrogen-bond donors (Lipinski definition) is 1. The molecule has 0 aromatic heterocycles. The number of carbonyl (C=O) groups is 1. The van der Waals surface area contributed by atoms with E-state index in [1.165, 1.54) is 18.4 Å². The normalized spacial score (nSPS) is 15.6. The van der Waals surface area contributed by atoms with Crippen molar-refractivity contribution in [1.29, 1.82) is 0 Å². The van der Waals surface area contributed by atoms with Crippen molar-refractivity contribution in [3.63, 3.8) is 0 Å². The van der Waals surface area contributed by atoms with E-state index in [1.54, 1.807) is 0 Å². The maximum atomic E-state index is 10.9. The van der Waals surface area contributed by atoms with Crippen LogP contribution >= 0.6 is 0 Å². The zero-order valence-electron chi connectivity index (χ0n) is 8.50. The first kappa shape index (κ1) is 9.25. The minimum atomic E-state index is -0.817. The summed E-state index contributed by atoms with van der Waals surface area (Å²) in [5, 5.41) is 8.99. The number of hydrogen-bond acceptors (Lipinski definition) is 1. The molecule has 0 atom stereocenters. The standard InChI is InChI=1S/C12H14O2/c1-7-5-10(9-3-4-9)6-8(2)11(7)12(13)14/h5-6,9H,3-4H2,1-2H3,(H,13,14). The number of carboxylic acid groups (broad SMARTS) is 1. The van der Waals surface area contributed by atoms with E-state index in [0.29, 0.717) is 11.5 Å². The minimum Gasteiger partial charge on any atom is -0.478 e. The van der Waals surface area contributed by atoms with E-state index in [4.69, 9.17) is 5.11 Å². The van der Waals surface area contributed by atoms with E-state index < -0.39 is 5.97 Å². The van der Waals surface area contributed by atoms with E-state index in [1.807, 2.05) is 26.0 Å². The molecule has 2 rings (SSSR count). The summed E-state index contributed by atoms with van der Waals surface area (Å²) in [4.78, 5) is 10.9. The molecule has 0 amide bonds. The highest BCUT2D eigenvalue weighted by atomic mass is 16.4. The van der Waals surface area contributed by atoms with Crippen molar-refractivity contribution in [2.75, 3.05) is 0 Å². The maximum absolute atomic E-state index is 10.9. The van der Waals surface area contributed by atoms with Crippen LogP contribution in [0.4, 0.5) is 0 Å². The molecule has 14 heavy (non-hydrogen) atoms. The monoisotopic (exact) mass is 190 g/mol. The summed E-state index contributed by atoms with van der Waals surface area (Å²) < 4.78 is 0. The first-order valence-corrected chi connectivity index (χ1v) is 4.94. The second kappa shape index (κ2) is 3.12. The van der Waals surface area contributed by atoms with Crippen LogP contribution in [0, 0.1) is 13.8 Å². The predicted octanol–water partition coefficient (Wildman–Crippen LogP) is 2.88. The van der Waals surface area contributed by atoms with Crippen molar-refractivity contribution in [1.82, 2.24) is 0 Å². The second-order valence-corrected chi connectivity index (χ2v) is 4.11. The fraction of sp³-hybridized carbons (Fsp3) is 0.417. The number of carboxylic acids is 1. The number of benzene rings is 1. The quantitative estimate of drug-likeness (QED) is 0.778. The Morgan fingerprint density at radius 3 is 2.14 bits per heavy atom. The fourth-order valence-corrected chi connectivity index (χ4v) is 1.99. The van der Waals surface area contributed by atoms with Crippen LogP contribution < -0.4 is 0 Å². The molecule has 74 valence electrons. The molecule has 0 unspecified atom stereocenters. The number of rotatable bonds is 2. The van der Waals surface area contributed by atoms with E-state index in [9.17, 15) is 4.79 Å². The molecule has 1 fully saturated rings. The summed E-state index contributed by atoms with van der Waals surface area (Å²) in [7, 11) is 0. The van der Waals surface area contributed by atoms with Crippen molar-refractivity contribution >= 4 is 5.97 Å². The summed E-state index contributed by atoms with van der Waals surface area (Å²) in [5.41, 5.74) is 3.55. The molecule has 1 N–H and O–H groups in total. The highest BCUT2D eigenvalue weighted by molar-refractivity contribution is 5.91. The van der Waals surface area contributed by atoms with Gasteiger partial charge in [-0.05, 0) is 49.3 Å². The zero-order valence-corrected chi connectivity index (χ0v) is 8.50.